The highest BCUT2D eigenvalue weighted by atomic mass is 35.5. The van der Waals surface area contributed by atoms with Crippen molar-refractivity contribution in [2.75, 3.05) is 6.61 Å². The molecular weight excluding hydrogens is 236 g/mol. The van der Waals surface area contributed by atoms with Crippen LogP contribution in [0.25, 0.3) is 0 Å². The van der Waals surface area contributed by atoms with E-state index in [1.807, 2.05) is 39.8 Å². The summed E-state index contributed by atoms with van der Waals surface area (Å²) in [6, 6.07) is 3.90. The number of aryl methyl sites for hydroxylation is 2. The maximum Gasteiger partial charge on any atom is 0.138 e. The minimum absolute atomic E-state index is 0.613. The highest BCUT2D eigenvalue weighted by Crippen LogP contribution is 2.29. The van der Waals surface area contributed by atoms with Crippen LogP contribution < -0.4 is 4.74 Å². The molecule has 0 heterocycles. The fourth-order valence-corrected chi connectivity index (χ4v) is 1.91. The minimum Gasteiger partial charge on any atom is -0.492 e. The second-order valence-corrected chi connectivity index (χ2v) is 5.36. The molecular formula is C14H21ClO2. The van der Waals surface area contributed by atoms with E-state index in [1.165, 1.54) is 5.56 Å². The molecule has 2 nitrogen and oxygen atoms in total. The molecule has 0 radical (unpaired) electrons. The molecule has 0 atom stereocenters. The van der Waals surface area contributed by atoms with E-state index in [2.05, 4.69) is 0 Å². The van der Waals surface area contributed by atoms with Crippen LogP contribution in [0.3, 0.4) is 0 Å². The summed E-state index contributed by atoms with van der Waals surface area (Å²) in [7, 11) is 0. The van der Waals surface area contributed by atoms with Crippen LogP contribution in [0.15, 0.2) is 12.1 Å². The summed E-state index contributed by atoms with van der Waals surface area (Å²) in [4.78, 5) is 0. The number of hydrogen-bond acceptors (Lipinski definition) is 2. The van der Waals surface area contributed by atoms with Crippen LogP contribution in [-0.4, -0.2) is 17.3 Å². The molecule has 0 fully saturated rings. The summed E-state index contributed by atoms with van der Waals surface area (Å²) < 4.78 is 5.44. The Morgan fingerprint density at radius 3 is 2.53 bits per heavy atom. The molecule has 0 aliphatic carbocycles. The van der Waals surface area contributed by atoms with E-state index in [0.29, 0.717) is 11.6 Å². The van der Waals surface area contributed by atoms with E-state index in [-0.39, 0.29) is 0 Å². The lowest BCUT2D eigenvalue weighted by atomic mass is 9.96. The molecule has 3 heteroatoms. The van der Waals surface area contributed by atoms with Gasteiger partial charge in [0.2, 0.25) is 0 Å². The van der Waals surface area contributed by atoms with Gasteiger partial charge in [0, 0.05) is 0 Å². The molecule has 1 aromatic rings. The van der Waals surface area contributed by atoms with Crippen molar-refractivity contribution >= 4 is 11.6 Å². The van der Waals surface area contributed by atoms with E-state index in [1.54, 1.807) is 0 Å². The molecule has 0 saturated heterocycles. The largest absolute Gasteiger partial charge is 0.492 e. The summed E-state index contributed by atoms with van der Waals surface area (Å²) >= 11 is 6.14. The van der Waals surface area contributed by atoms with E-state index >= 15 is 0 Å². The van der Waals surface area contributed by atoms with E-state index in [0.717, 1.165) is 24.2 Å². The summed E-state index contributed by atoms with van der Waals surface area (Å²) in [6.45, 7) is 8.23. The lowest BCUT2D eigenvalue weighted by Crippen LogP contribution is -2.19. The predicted molar refractivity (Wildman–Crippen MR) is 72.0 cm³/mol. The summed E-state index contributed by atoms with van der Waals surface area (Å²) in [5, 5.41) is 10.4. The average Bonchev–Trinajstić information content (AvgIpc) is 2.20. The SMILES string of the molecule is CCOc1cc(C)c(CCC(C)(C)O)cc1Cl. The first kappa shape index (κ1) is 14.3. The quantitative estimate of drug-likeness (QED) is 0.870. The van der Waals surface area contributed by atoms with Crippen molar-refractivity contribution in [3.8, 4) is 5.75 Å². The van der Waals surface area contributed by atoms with Gasteiger partial charge in [0.15, 0.2) is 0 Å². The number of ether oxygens (including phenoxy) is 1. The van der Waals surface area contributed by atoms with Crippen molar-refractivity contribution in [3.05, 3.63) is 28.3 Å². The van der Waals surface area contributed by atoms with Gasteiger partial charge < -0.3 is 9.84 Å². The molecule has 0 saturated carbocycles. The monoisotopic (exact) mass is 256 g/mol. The molecule has 0 unspecified atom stereocenters. The lowest BCUT2D eigenvalue weighted by molar-refractivity contribution is 0.0713. The fourth-order valence-electron chi connectivity index (χ4n) is 1.67. The first-order chi connectivity index (χ1) is 7.83. The van der Waals surface area contributed by atoms with Gasteiger partial charge in [-0.15, -0.1) is 0 Å². The van der Waals surface area contributed by atoms with Gasteiger partial charge in [-0.05, 0) is 63.8 Å². The average molecular weight is 257 g/mol. The third-order valence-electron chi connectivity index (χ3n) is 2.70. The zero-order chi connectivity index (χ0) is 13.1. The normalized spacial score (nSPS) is 11.6. The lowest BCUT2D eigenvalue weighted by Gasteiger charge is -2.18. The van der Waals surface area contributed by atoms with E-state index < -0.39 is 5.60 Å². The van der Waals surface area contributed by atoms with Gasteiger partial charge in [0.05, 0.1) is 17.2 Å². The Bertz CT molecular complexity index is 381. The van der Waals surface area contributed by atoms with E-state index in [4.69, 9.17) is 16.3 Å². The molecule has 1 N–H and O–H groups in total. The Morgan fingerprint density at radius 1 is 1.35 bits per heavy atom. The smallest absolute Gasteiger partial charge is 0.138 e. The van der Waals surface area contributed by atoms with Gasteiger partial charge in [-0.25, -0.2) is 0 Å². The summed E-state index contributed by atoms with van der Waals surface area (Å²) in [6.07, 6.45) is 1.54. The second kappa shape index (κ2) is 5.74. The molecule has 0 amide bonds. The highest BCUT2D eigenvalue weighted by molar-refractivity contribution is 6.32. The minimum atomic E-state index is -0.641. The van der Waals surface area contributed by atoms with Gasteiger partial charge in [-0.2, -0.15) is 0 Å². The van der Waals surface area contributed by atoms with Crippen molar-refractivity contribution in [2.24, 2.45) is 0 Å². The van der Waals surface area contributed by atoms with Crippen molar-refractivity contribution < 1.29 is 9.84 Å². The number of aliphatic hydroxyl groups is 1. The van der Waals surface area contributed by atoms with Gasteiger partial charge >= 0.3 is 0 Å². The van der Waals surface area contributed by atoms with Crippen LogP contribution in [0, 0.1) is 6.92 Å². The standard InChI is InChI=1S/C14H21ClO2/c1-5-17-13-8-10(2)11(9-12(13)15)6-7-14(3,4)16/h8-9,16H,5-7H2,1-4H3. The number of rotatable bonds is 5. The Morgan fingerprint density at radius 2 is 2.00 bits per heavy atom. The van der Waals surface area contributed by atoms with Crippen LogP contribution in [0.4, 0.5) is 0 Å². The van der Waals surface area contributed by atoms with E-state index in [9.17, 15) is 5.11 Å². The second-order valence-electron chi connectivity index (χ2n) is 4.95. The molecule has 0 aromatic heterocycles. The molecule has 1 rings (SSSR count). The van der Waals surface area contributed by atoms with Crippen LogP contribution >= 0.6 is 11.6 Å². The Hall–Kier alpha value is -0.730. The number of halogens is 1. The first-order valence-electron chi connectivity index (χ1n) is 5.97. The van der Waals surface area contributed by atoms with Crippen LogP contribution in [0.1, 0.15) is 38.3 Å². The van der Waals surface area contributed by atoms with Crippen molar-refractivity contribution in [2.45, 2.75) is 46.1 Å². The zero-order valence-corrected chi connectivity index (χ0v) is 11.8. The molecule has 0 aliphatic heterocycles. The summed E-state index contributed by atoms with van der Waals surface area (Å²) in [5.41, 5.74) is 1.68. The molecule has 0 spiro atoms. The molecule has 17 heavy (non-hydrogen) atoms. The molecule has 96 valence electrons. The van der Waals surface area contributed by atoms with Gasteiger partial charge in [-0.3, -0.25) is 0 Å². The Kier molecular flexibility index (Phi) is 4.84. The fraction of sp³-hybridized carbons (Fsp3) is 0.571. The van der Waals surface area contributed by atoms with Gasteiger partial charge in [-0.1, -0.05) is 11.6 Å². The van der Waals surface area contributed by atoms with Crippen LogP contribution in [0.5, 0.6) is 5.75 Å². The third-order valence-corrected chi connectivity index (χ3v) is 2.99. The molecule has 0 bridgehead atoms. The topological polar surface area (TPSA) is 29.5 Å². The van der Waals surface area contributed by atoms with Crippen molar-refractivity contribution in [1.82, 2.24) is 0 Å². The first-order valence-corrected chi connectivity index (χ1v) is 6.35. The van der Waals surface area contributed by atoms with Gasteiger partial charge in [0.25, 0.3) is 0 Å². The Balaban J connectivity index is 2.84. The maximum atomic E-state index is 9.72. The number of hydrogen-bond donors (Lipinski definition) is 1. The van der Waals surface area contributed by atoms with Crippen molar-refractivity contribution in [3.63, 3.8) is 0 Å². The third kappa shape index (κ3) is 4.57. The van der Waals surface area contributed by atoms with Crippen LogP contribution in [-0.2, 0) is 6.42 Å². The maximum absolute atomic E-state index is 9.72. The van der Waals surface area contributed by atoms with Crippen molar-refractivity contribution in [1.29, 1.82) is 0 Å². The number of benzene rings is 1. The van der Waals surface area contributed by atoms with Crippen LogP contribution in [0.2, 0.25) is 5.02 Å². The zero-order valence-electron chi connectivity index (χ0n) is 11.0. The highest BCUT2D eigenvalue weighted by Gasteiger charge is 2.14. The summed E-state index contributed by atoms with van der Waals surface area (Å²) in [5.74, 6) is 0.735. The Labute approximate surface area is 109 Å². The molecule has 1 aromatic carbocycles. The molecule has 0 aliphatic rings. The van der Waals surface area contributed by atoms with Gasteiger partial charge in [0.1, 0.15) is 5.75 Å². The predicted octanol–water partition coefficient (Wildman–Crippen LogP) is 3.75.